The number of benzene rings is 1. The van der Waals surface area contributed by atoms with Gasteiger partial charge in [-0.3, -0.25) is 4.90 Å². The molecule has 2 aromatic heterocycles. The number of hydrogen-bond acceptors (Lipinski definition) is 5. The van der Waals surface area contributed by atoms with Crippen molar-refractivity contribution in [3.05, 3.63) is 57.7 Å². The van der Waals surface area contributed by atoms with E-state index in [2.05, 4.69) is 69.2 Å². The zero-order valence-corrected chi connectivity index (χ0v) is 14.8. The summed E-state index contributed by atoms with van der Waals surface area (Å²) >= 11 is 5.03. The van der Waals surface area contributed by atoms with Crippen LogP contribution in [0, 0.1) is 0 Å². The summed E-state index contributed by atoms with van der Waals surface area (Å²) in [6.45, 7) is 2.79. The lowest BCUT2D eigenvalue weighted by Crippen LogP contribution is -2.22. The quantitative estimate of drug-likeness (QED) is 0.642. The van der Waals surface area contributed by atoms with Crippen LogP contribution in [0.4, 0.5) is 0 Å². The molecule has 2 heterocycles. The number of hydrogen-bond donors (Lipinski definition) is 0. The highest BCUT2D eigenvalue weighted by Gasteiger charge is 2.16. The van der Waals surface area contributed by atoms with Gasteiger partial charge in [-0.05, 0) is 41.5 Å². The molecular formula is C16H16BrN3OS. The van der Waals surface area contributed by atoms with Crippen LogP contribution in [0.1, 0.15) is 24.4 Å². The van der Waals surface area contributed by atoms with Crippen LogP contribution in [0.25, 0.3) is 10.7 Å². The van der Waals surface area contributed by atoms with Crippen molar-refractivity contribution < 1.29 is 4.52 Å². The molecule has 22 heavy (non-hydrogen) atoms. The summed E-state index contributed by atoms with van der Waals surface area (Å²) in [5.41, 5.74) is 1.27. The molecule has 0 aliphatic heterocycles. The van der Waals surface area contributed by atoms with E-state index in [4.69, 9.17) is 4.52 Å². The fourth-order valence-corrected chi connectivity index (χ4v) is 3.54. The van der Waals surface area contributed by atoms with Gasteiger partial charge in [0, 0.05) is 15.9 Å². The molecule has 3 rings (SSSR count). The van der Waals surface area contributed by atoms with Crippen LogP contribution < -0.4 is 0 Å². The average molecular weight is 378 g/mol. The molecule has 0 fully saturated rings. The first kappa shape index (κ1) is 15.4. The van der Waals surface area contributed by atoms with Gasteiger partial charge in [-0.25, -0.2) is 0 Å². The van der Waals surface area contributed by atoms with Crippen LogP contribution in [0.5, 0.6) is 0 Å². The minimum Gasteiger partial charge on any atom is -0.338 e. The summed E-state index contributed by atoms with van der Waals surface area (Å²) < 4.78 is 6.41. The van der Waals surface area contributed by atoms with Gasteiger partial charge in [-0.2, -0.15) is 4.98 Å². The first-order chi connectivity index (χ1) is 10.6. The van der Waals surface area contributed by atoms with Crippen molar-refractivity contribution in [3.8, 4) is 10.7 Å². The van der Waals surface area contributed by atoms with E-state index < -0.39 is 0 Å². The lowest BCUT2D eigenvalue weighted by atomic mass is 10.1. The molecule has 0 aliphatic carbocycles. The van der Waals surface area contributed by atoms with Crippen LogP contribution >= 0.6 is 27.3 Å². The van der Waals surface area contributed by atoms with Crippen molar-refractivity contribution in [2.75, 3.05) is 7.05 Å². The third-order valence-corrected chi connectivity index (χ3v) is 5.27. The molecule has 3 aromatic rings. The van der Waals surface area contributed by atoms with E-state index in [0.717, 1.165) is 9.35 Å². The Labute approximate surface area is 141 Å². The van der Waals surface area contributed by atoms with Crippen LogP contribution in [0.2, 0.25) is 0 Å². The second kappa shape index (κ2) is 6.73. The molecule has 0 aliphatic rings. The van der Waals surface area contributed by atoms with Crippen molar-refractivity contribution in [1.29, 1.82) is 0 Å². The Balaban J connectivity index is 1.69. The van der Waals surface area contributed by atoms with E-state index in [1.54, 1.807) is 11.3 Å². The summed E-state index contributed by atoms with van der Waals surface area (Å²) in [5, 5.41) is 6.07. The van der Waals surface area contributed by atoms with Crippen LogP contribution in [-0.2, 0) is 6.54 Å². The standard InChI is InChI=1S/C16H16BrN3OS/c1-11(12-6-4-3-5-7-12)20(2)9-15-18-16(19-21-15)14-8-13(17)10-22-14/h3-8,10-11H,9H2,1-2H3. The van der Waals surface area contributed by atoms with Crippen LogP contribution in [0.3, 0.4) is 0 Å². The maximum Gasteiger partial charge on any atom is 0.241 e. The molecular weight excluding hydrogens is 362 g/mol. The molecule has 0 saturated carbocycles. The lowest BCUT2D eigenvalue weighted by Gasteiger charge is -2.23. The maximum atomic E-state index is 5.37. The topological polar surface area (TPSA) is 42.2 Å². The molecule has 4 nitrogen and oxygen atoms in total. The predicted molar refractivity (Wildman–Crippen MR) is 91.6 cm³/mol. The largest absolute Gasteiger partial charge is 0.338 e. The smallest absolute Gasteiger partial charge is 0.241 e. The number of aromatic nitrogens is 2. The van der Waals surface area contributed by atoms with Gasteiger partial charge >= 0.3 is 0 Å². The van der Waals surface area contributed by atoms with Gasteiger partial charge in [0.1, 0.15) is 0 Å². The van der Waals surface area contributed by atoms with Gasteiger partial charge in [0.15, 0.2) is 0 Å². The molecule has 1 unspecified atom stereocenters. The van der Waals surface area contributed by atoms with Crippen molar-refractivity contribution in [2.45, 2.75) is 19.5 Å². The monoisotopic (exact) mass is 377 g/mol. The van der Waals surface area contributed by atoms with E-state index in [-0.39, 0.29) is 6.04 Å². The Morgan fingerprint density at radius 1 is 1.32 bits per heavy atom. The molecule has 0 bridgehead atoms. The fraction of sp³-hybridized carbons (Fsp3) is 0.250. The Hall–Kier alpha value is -1.50. The van der Waals surface area contributed by atoms with Gasteiger partial charge < -0.3 is 4.52 Å². The average Bonchev–Trinajstić information content (AvgIpc) is 3.16. The van der Waals surface area contributed by atoms with E-state index in [0.29, 0.717) is 18.3 Å². The van der Waals surface area contributed by atoms with Gasteiger partial charge in [0.05, 0.1) is 11.4 Å². The number of nitrogens with zero attached hydrogens (tertiary/aromatic N) is 3. The Kier molecular flexibility index (Phi) is 4.71. The zero-order valence-electron chi connectivity index (χ0n) is 12.4. The zero-order chi connectivity index (χ0) is 15.5. The van der Waals surface area contributed by atoms with Crippen molar-refractivity contribution in [2.24, 2.45) is 0 Å². The summed E-state index contributed by atoms with van der Waals surface area (Å²) in [7, 11) is 2.06. The van der Waals surface area contributed by atoms with Gasteiger partial charge in [-0.1, -0.05) is 35.5 Å². The van der Waals surface area contributed by atoms with Crippen molar-refractivity contribution >= 4 is 27.3 Å². The molecule has 0 spiro atoms. The molecule has 6 heteroatoms. The van der Waals surface area contributed by atoms with Crippen LogP contribution in [0.15, 0.2) is 50.8 Å². The summed E-state index contributed by atoms with van der Waals surface area (Å²) in [6.07, 6.45) is 0. The molecule has 0 amide bonds. The fourth-order valence-electron chi connectivity index (χ4n) is 2.19. The van der Waals surface area contributed by atoms with Crippen LogP contribution in [-0.4, -0.2) is 22.1 Å². The molecule has 1 aromatic carbocycles. The summed E-state index contributed by atoms with van der Waals surface area (Å²) in [6, 6.07) is 12.7. The van der Waals surface area contributed by atoms with E-state index >= 15 is 0 Å². The van der Waals surface area contributed by atoms with Gasteiger partial charge in [0.25, 0.3) is 0 Å². The number of halogens is 1. The molecule has 0 saturated heterocycles. The third-order valence-electron chi connectivity index (χ3n) is 3.58. The normalized spacial score (nSPS) is 12.7. The molecule has 114 valence electrons. The second-order valence-electron chi connectivity index (χ2n) is 5.14. The highest BCUT2D eigenvalue weighted by molar-refractivity contribution is 9.10. The first-order valence-electron chi connectivity index (χ1n) is 6.95. The minimum absolute atomic E-state index is 0.285. The van der Waals surface area contributed by atoms with Crippen molar-refractivity contribution in [3.63, 3.8) is 0 Å². The van der Waals surface area contributed by atoms with E-state index in [9.17, 15) is 0 Å². The van der Waals surface area contributed by atoms with Crippen molar-refractivity contribution in [1.82, 2.24) is 15.0 Å². The Morgan fingerprint density at radius 2 is 2.09 bits per heavy atom. The predicted octanol–water partition coefficient (Wildman–Crippen LogP) is 4.75. The molecule has 1 atom stereocenters. The lowest BCUT2D eigenvalue weighted by molar-refractivity contribution is 0.216. The maximum absolute atomic E-state index is 5.37. The highest BCUT2D eigenvalue weighted by Crippen LogP contribution is 2.28. The SMILES string of the molecule is CC(c1ccccc1)N(C)Cc1nc(-c2cc(Br)cs2)no1. The van der Waals surface area contributed by atoms with E-state index in [1.807, 2.05) is 17.5 Å². The first-order valence-corrected chi connectivity index (χ1v) is 8.63. The minimum atomic E-state index is 0.285. The summed E-state index contributed by atoms with van der Waals surface area (Å²) in [5.74, 6) is 1.27. The van der Waals surface area contributed by atoms with Gasteiger partial charge in [0.2, 0.25) is 11.7 Å². The van der Waals surface area contributed by atoms with Gasteiger partial charge in [-0.15, -0.1) is 11.3 Å². The number of thiophene rings is 1. The third kappa shape index (κ3) is 3.45. The Morgan fingerprint density at radius 3 is 2.77 bits per heavy atom. The second-order valence-corrected chi connectivity index (χ2v) is 6.97. The molecule has 0 radical (unpaired) electrons. The highest BCUT2D eigenvalue weighted by atomic mass is 79.9. The molecule has 0 N–H and O–H groups in total. The Bertz CT molecular complexity index is 741. The number of rotatable bonds is 5. The summed E-state index contributed by atoms with van der Waals surface area (Å²) in [4.78, 5) is 7.67. The van der Waals surface area contributed by atoms with E-state index in [1.165, 1.54) is 5.56 Å².